The maximum Gasteiger partial charge on any atom is 0.469 e. The first-order chi connectivity index (χ1) is 13.9. The van der Waals surface area contributed by atoms with E-state index < -0.39 is 33.1 Å². The van der Waals surface area contributed by atoms with Crippen LogP contribution >= 0.6 is 7.82 Å². The van der Waals surface area contributed by atoms with Gasteiger partial charge in [-0.05, 0) is 32.1 Å². The van der Waals surface area contributed by atoms with Gasteiger partial charge in [-0.2, -0.15) is 0 Å². The van der Waals surface area contributed by atoms with Crippen LogP contribution in [0.4, 0.5) is 0 Å². The number of phosphoric acid groups is 1. The van der Waals surface area contributed by atoms with Crippen LogP contribution in [-0.4, -0.2) is 40.2 Å². The fraction of sp³-hybridized carbons (Fsp3) is 0.857. The number of carbonyl (C=O) groups is 1. The van der Waals surface area contributed by atoms with Crippen molar-refractivity contribution in [1.29, 1.82) is 0 Å². The number of rotatable bonds is 20. The predicted molar refractivity (Wildman–Crippen MR) is 114 cm³/mol. The SMILES string of the molecule is CCCCCCCC/C=C\CCCCCCCC(=O)OC(CO)COP(=O)(O)O. The average molecular weight is 437 g/mol. The molecule has 0 saturated heterocycles. The van der Waals surface area contributed by atoms with Gasteiger partial charge in [0.15, 0.2) is 0 Å². The van der Waals surface area contributed by atoms with Gasteiger partial charge in [0.05, 0.1) is 13.2 Å². The summed E-state index contributed by atoms with van der Waals surface area (Å²) in [6.45, 7) is 1.17. The number of ether oxygens (including phenoxy) is 1. The molecule has 0 heterocycles. The van der Waals surface area contributed by atoms with Gasteiger partial charge in [-0.25, -0.2) is 4.57 Å². The largest absolute Gasteiger partial charge is 0.469 e. The van der Waals surface area contributed by atoms with E-state index in [1.165, 1.54) is 44.9 Å². The molecule has 172 valence electrons. The molecule has 3 N–H and O–H groups in total. The lowest BCUT2D eigenvalue weighted by atomic mass is 10.1. The molecule has 0 aromatic heterocycles. The Kier molecular flexibility index (Phi) is 18.8. The standard InChI is InChI=1S/C21H41O7P/c1-2-3-4-5-6-7-8-9-10-11-12-13-14-15-16-17-21(23)28-20(18-22)19-27-29(24,25)26/h9-10,20,22H,2-8,11-19H2,1H3,(H2,24,25,26)/b10-9-. The number of esters is 1. The molecule has 1 atom stereocenters. The maximum atomic E-state index is 11.7. The molecule has 0 aliphatic rings. The molecule has 0 aromatic rings. The van der Waals surface area contributed by atoms with Gasteiger partial charge in [-0.1, -0.05) is 70.4 Å². The molecule has 0 aliphatic carbocycles. The van der Waals surface area contributed by atoms with Gasteiger partial charge < -0.3 is 19.6 Å². The Labute approximate surface area is 176 Å². The summed E-state index contributed by atoms with van der Waals surface area (Å²) in [6.07, 6.45) is 19.0. The Balaban J connectivity index is 3.49. The van der Waals surface area contributed by atoms with Gasteiger partial charge in [0.1, 0.15) is 6.10 Å². The molecular formula is C21H41O7P. The molecular weight excluding hydrogens is 395 g/mol. The van der Waals surface area contributed by atoms with E-state index in [2.05, 4.69) is 23.6 Å². The predicted octanol–water partition coefficient (Wildman–Crippen LogP) is 5.04. The van der Waals surface area contributed by atoms with Crippen molar-refractivity contribution in [3.8, 4) is 0 Å². The summed E-state index contributed by atoms with van der Waals surface area (Å²) in [5.74, 6) is -0.490. The first kappa shape index (κ1) is 28.3. The molecule has 29 heavy (non-hydrogen) atoms. The smallest absolute Gasteiger partial charge is 0.457 e. The lowest BCUT2D eigenvalue weighted by molar-refractivity contribution is -0.153. The van der Waals surface area contributed by atoms with Crippen LogP contribution in [0.15, 0.2) is 12.2 Å². The van der Waals surface area contributed by atoms with E-state index in [1.807, 2.05) is 0 Å². The summed E-state index contributed by atoms with van der Waals surface area (Å²) in [5, 5.41) is 9.06. The van der Waals surface area contributed by atoms with Crippen molar-refractivity contribution < 1.29 is 33.5 Å². The zero-order valence-electron chi connectivity index (χ0n) is 18.0. The Morgan fingerprint density at radius 1 is 0.897 bits per heavy atom. The van der Waals surface area contributed by atoms with Gasteiger partial charge in [0.25, 0.3) is 0 Å². The van der Waals surface area contributed by atoms with E-state index in [4.69, 9.17) is 19.6 Å². The van der Waals surface area contributed by atoms with E-state index >= 15 is 0 Å². The Hall–Kier alpha value is -0.720. The molecule has 0 aromatic carbocycles. The highest BCUT2D eigenvalue weighted by atomic mass is 31.2. The zero-order chi connectivity index (χ0) is 21.8. The molecule has 0 spiro atoms. The van der Waals surface area contributed by atoms with E-state index in [1.54, 1.807) is 0 Å². The van der Waals surface area contributed by atoms with Gasteiger partial charge in [-0.15, -0.1) is 0 Å². The second-order valence-corrected chi connectivity index (χ2v) is 8.65. The average Bonchev–Trinajstić information content (AvgIpc) is 2.67. The van der Waals surface area contributed by atoms with Crippen molar-refractivity contribution in [1.82, 2.24) is 0 Å². The fourth-order valence-corrected chi connectivity index (χ4v) is 3.25. The highest BCUT2D eigenvalue weighted by Gasteiger charge is 2.20. The summed E-state index contributed by atoms with van der Waals surface area (Å²) < 4.78 is 19.8. The minimum absolute atomic E-state index is 0.227. The van der Waals surface area contributed by atoms with Crippen molar-refractivity contribution in [2.45, 2.75) is 103 Å². The third kappa shape index (κ3) is 21.8. The van der Waals surface area contributed by atoms with Crippen molar-refractivity contribution in [2.75, 3.05) is 13.2 Å². The van der Waals surface area contributed by atoms with Gasteiger partial charge in [0.2, 0.25) is 0 Å². The highest BCUT2D eigenvalue weighted by Crippen LogP contribution is 2.35. The molecule has 0 saturated carbocycles. The molecule has 0 bridgehead atoms. The molecule has 0 radical (unpaired) electrons. The Bertz CT molecular complexity index is 462. The number of hydrogen-bond acceptors (Lipinski definition) is 5. The second kappa shape index (κ2) is 19.3. The van der Waals surface area contributed by atoms with Crippen LogP contribution in [0.3, 0.4) is 0 Å². The molecule has 0 aliphatic heterocycles. The van der Waals surface area contributed by atoms with Crippen LogP contribution < -0.4 is 0 Å². The van der Waals surface area contributed by atoms with Crippen molar-refractivity contribution in [3.63, 3.8) is 0 Å². The van der Waals surface area contributed by atoms with Gasteiger partial charge in [0, 0.05) is 6.42 Å². The third-order valence-electron chi connectivity index (χ3n) is 4.57. The van der Waals surface area contributed by atoms with Crippen molar-refractivity contribution in [2.24, 2.45) is 0 Å². The number of allylic oxidation sites excluding steroid dienone is 2. The normalized spacial score (nSPS) is 13.1. The highest BCUT2D eigenvalue weighted by molar-refractivity contribution is 7.46. The molecule has 8 heteroatoms. The summed E-state index contributed by atoms with van der Waals surface area (Å²) >= 11 is 0. The third-order valence-corrected chi connectivity index (χ3v) is 5.06. The van der Waals surface area contributed by atoms with Crippen LogP contribution in [0.25, 0.3) is 0 Å². The lowest BCUT2D eigenvalue weighted by Crippen LogP contribution is -2.26. The fourth-order valence-electron chi connectivity index (χ4n) is 2.89. The molecule has 0 fully saturated rings. The number of aliphatic hydroxyl groups is 1. The van der Waals surface area contributed by atoms with E-state index in [0.29, 0.717) is 6.42 Å². The van der Waals surface area contributed by atoms with E-state index in [-0.39, 0.29) is 6.42 Å². The molecule has 7 nitrogen and oxygen atoms in total. The lowest BCUT2D eigenvalue weighted by Gasteiger charge is -2.15. The van der Waals surface area contributed by atoms with E-state index in [9.17, 15) is 9.36 Å². The minimum atomic E-state index is -4.64. The van der Waals surface area contributed by atoms with Crippen LogP contribution in [0.1, 0.15) is 96.8 Å². The number of phosphoric ester groups is 1. The van der Waals surface area contributed by atoms with Crippen LogP contribution in [-0.2, 0) is 18.6 Å². The molecule has 1 unspecified atom stereocenters. The molecule has 0 amide bonds. The number of unbranched alkanes of at least 4 members (excludes halogenated alkanes) is 11. The summed E-state index contributed by atoms with van der Waals surface area (Å²) in [7, 11) is -4.64. The van der Waals surface area contributed by atoms with Crippen LogP contribution in [0.5, 0.6) is 0 Å². The van der Waals surface area contributed by atoms with E-state index in [0.717, 1.165) is 32.1 Å². The Morgan fingerprint density at radius 3 is 1.93 bits per heavy atom. The first-order valence-corrected chi connectivity index (χ1v) is 12.6. The van der Waals surface area contributed by atoms with Crippen molar-refractivity contribution >= 4 is 13.8 Å². The van der Waals surface area contributed by atoms with Crippen molar-refractivity contribution in [3.05, 3.63) is 12.2 Å². The summed E-state index contributed by atoms with van der Waals surface area (Å²) in [4.78, 5) is 28.9. The summed E-state index contributed by atoms with van der Waals surface area (Å²) in [6, 6.07) is 0. The maximum absolute atomic E-state index is 11.7. The van der Waals surface area contributed by atoms with Gasteiger partial charge in [-0.3, -0.25) is 9.32 Å². The number of carbonyl (C=O) groups excluding carboxylic acids is 1. The first-order valence-electron chi connectivity index (χ1n) is 11.0. The summed E-state index contributed by atoms with van der Waals surface area (Å²) in [5.41, 5.74) is 0. The quantitative estimate of drug-likeness (QED) is 0.106. The number of aliphatic hydroxyl groups excluding tert-OH is 1. The number of hydrogen-bond donors (Lipinski definition) is 3. The van der Waals surface area contributed by atoms with Crippen LogP contribution in [0.2, 0.25) is 0 Å². The van der Waals surface area contributed by atoms with Crippen LogP contribution in [0, 0.1) is 0 Å². The Morgan fingerprint density at radius 2 is 1.41 bits per heavy atom. The molecule has 0 rings (SSSR count). The zero-order valence-corrected chi connectivity index (χ0v) is 18.9. The second-order valence-electron chi connectivity index (χ2n) is 7.42. The topological polar surface area (TPSA) is 113 Å². The van der Waals surface area contributed by atoms with Gasteiger partial charge >= 0.3 is 13.8 Å². The monoisotopic (exact) mass is 436 g/mol. The minimum Gasteiger partial charge on any atom is -0.457 e.